The number of phenolic OH excluding ortho intramolecular Hbond substituents is 1. The lowest BCUT2D eigenvalue weighted by atomic mass is 10.1. The van der Waals surface area contributed by atoms with Crippen LogP contribution in [0.4, 0.5) is 0 Å². The summed E-state index contributed by atoms with van der Waals surface area (Å²) in [6.07, 6.45) is 0. The van der Waals surface area contributed by atoms with Crippen molar-refractivity contribution < 1.29 is 23.8 Å². The molecule has 7 heteroatoms. The summed E-state index contributed by atoms with van der Waals surface area (Å²) >= 11 is 0. The van der Waals surface area contributed by atoms with E-state index in [0.29, 0.717) is 11.1 Å². The zero-order chi connectivity index (χ0) is 17.1. The third kappa shape index (κ3) is 3.62. The number of carbonyl (C=O) groups excluding carboxylic acids is 1. The maximum absolute atomic E-state index is 12.0. The molecule has 0 spiro atoms. The van der Waals surface area contributed by atoms with Gasteiger partial charge in [0.15, 0.2) is 0 Å². The van der Waals surface area contributed by atoms with E-state index in [1.54, 1.807) is 19.9 Å². The number of hydrogen-bond acceptors (Lipinski definition) is 7. The van der Waals surface area contributed by atoms with Gasteiger partial charge in [0.2, 0.25) is 0 Å². The van der Waals surface area contributed by atoms with Crippen molar-refractivity contribution in [3.05, 3.63) is 34.4 Å². The standard InChI is InChI=1S/C16H19NO6/c1-8(2)14(17)16(20)22-7-11-5-9-4-10(21-3)6-12(18)13(9)15(19)23-11/h4-6,8,14,18H,7,17H2,1-3H3. The van der Waals surface area contributed by atoms with E-state index in [4.69, 9.17) is 19.6 Å². The second kappa shape index (κ2) is 6.70. The Morgan fingerprint density at radius 2 is 2.04 bits per heavy atom. The normalized spacial score (nSPS) is 12.4. The minimum atomic E-state index is -0.744. The van der Waals surface area contributed by atoms with Gasteiger partial charge < -0.3 is 24.7 Å². The molecular formula is C16H19NO6. The Bertz CT molecular complexity index is 780. The fourth-order valence-electron chi connectivity index (χ4n) is 2.03. The summed E-state index contributed by atoms with van der Waals surface area (Å²) in [7, 11) is 1.45. The summed E-state index contributed by atoms with van der Waals surface area (Å²) in [5, 5.41) is 10.3. The molecule has 0 saturated heterocycles. The highest BCUT2D eigenvalue weighted by Crippen LogP contribution is 2.28. The molecule has 0 bridgehead atoms. The molecule has 3 N–H and O–H groups in total. The van der Waals surface area contributed by atoms with Gasteiger partial charge in [0.25, 0.3) is 0 Å². The van der Waals surface area contributed by atoms with Crippen molar-refractivity contribution in [2.24, 2.45) is 11.7 Å². The molecule has 2 aromatic rings. The van der Waals surface area contributed by atoms with E-state index in [-0.39, 0.29) is 29.4 Å². The van der Waals surface area contributed by atoms with Gasteiger partial charge in [-0.1, -0.05) is 13.8 Å². The molecule has 23 heavy (non-hydrogen) atoms. The lowest BCUT2D eigenvalue weighted by Gasteiger charge is -2.14. The van der Waals surface area contributed by atoms with Crippen LogP contribution in [0.5, 0.6) is 11.5 Å². The molecule has 1 heterocycles. The van der Waals surface area contributed by atoms with Crippen LogP contribution in [-0.2, 0) is 16.1 Å². The summed E-state index contributed by atoms with van der Waals surface area (Å²) < 4.78 is 15.2. The van der Waals surface area contributed by atoms with Crippen LogP contribution in [0.2, 0.25) is 0 Å². The number of benzene rings is 1. The monoisotopic (exact) mass is 321 g/mol. The molecule has 0 aliphatic heterocycles. The fraction of sp³-hybridized carbons (Fsp3) is 0.375. The van der Waals surface area contributed by atoms with Crippen LogP contribution in [0.3, 0.4) is 0 Å². The number of carbonyl (C=O) groups is 1. The Kier molecular flexibility index (Phi) is 4.90. The van der Waals surface area contributed by atoms with E-state index in [1.807, 2.05) is 0 Å². The van der Waals surface area contributed by atoms with Crippen LogP contribution in [0.15, 0.2) is 27.4 Å². The molecule has 0 saturated carbocycles. The Balaban J connectivity index is 2.29. The van der Waals surface area contributed by atoms with Crippen molar-refractivity contribution >= 4 is 16.7 Å². The lowest BCUT2D eigenvalue weighted by molar-refractivity contribution is -0.148. The van der Waals surface area contributed by atoms with Gasteiger partial charge in [-0.2, -0.15) is 0 Å². The average molecular weight is 321 g/mol. The predicted molar refractivity (Wildman–Crippen MR) is 83.3 cm³/mol. The lowest BCUT2D eigenvalue weighted by Crippen LogP contribution is -2.36. The molecule has 2 rings (SSSR count). The minimum Gasteiger partial charge on any atom is -0.507 e. The predicted octanol–water partition coefficient (Wildman–Crippen LogP) is 1.53. The Hall–Kier alpha value is -2.54. The van der Waals surface area contributed by atoms with Crippen LogP contribution in [-0.4, -0.2) is 24.2 Å². The summed E-state index contributed by atoms with van der Waals surface area (Å²) in [4.78, 5) is 23.7. The third-order valence-corrected chi connectivity index (χ3v) is 3.45. The van der Waals surface area contributed by atoms with Crippen LogP contribution < -0.4 is 16.1 Å². The highest BCUT2D eigenvalue weighted by molar-refractivity contribution is 5.88. The van der Waals surface area contributed by atoms with Crippen molar-refractivity contribution in [3.63, 3.8) is 0 Å². The smallest absolute Gasteiger partial charge is 0.347 e. The van der Waals surface area contributed by atoms with E-state index in [9.17, 15) is 14.7 Å². The first-order valence-corrected chi connectivity index (χ1v) is 7.09. The van der Waals surface area contributed by atoms with Crippen molar-refractivity contribution in [1.82, 2.24) is 0 Å². The molecule has 0 aliphatic carbocycles. The second-order valence-electron chi connectivity index (χ2n) is 5.49. The largest absolute Gasteiger partial charge is 0.507 e. The third-order valence-electron chi connectivity index (χ3n) is 3.45. The fourth-order valence-corrected chi connectivity index (χ4v) is 2.03. The molecule has 124 valence electrons. The zero-order valence-electron chi connectivity index (χ0n) is 13.2. The number of hydrogen-bond donors (Lipinski definition) is 2. The molecule has 0 aliphatic rings. The highest BCUT2D eigenvalue weighted by atomic mass is 16.5. The van der Waals surface area contributed by atoms with Crippen molar-refractivity contribution in [3.8, 4) is 11.5 Å². The van der Waals surface area contributed by atoms with E-state index in [0.717, 1.165) is 0 Å². The first kappa shape index (κ1) is 16.8. The SMILES string of the molecule is COc1cc(O)c2c(=O)oc(COC(=O)C(N)C(C)C)cc2c1. The van der Waals surface area contributed by atoms with E-state index >= 15 is 0 Å². The zero-order valence-corrected chi connectivity index (χ0v) is 13.2. The first-order chi connectivity index (χ1) is 10.8. The van der Waals surface area contributed by atoms with Gasteiger partial charge in [-0.05, 0) is 23.4 Å². The Labute approximate surface area is 132 Å². The van der Waals surface area contributed by atoms with E-state index in [1.165, 1.54) is 19.2 Å². The number of aromatic hydroxyl groups is 1. The molecular weight excluding hydrogens is 302 g/mol. The number of ether oxygens (including phenoxy) is 2. The van der Waals surface area contributed by atoms with Crippen LogP contribution in [0.1, 0.15) is 19.6 Å². The summed E-state index contributed by atoms with van der Waals surface area (Å²) in [5.41, 5.74) is 4.97. The van der Waals surface area contributed by atoms with Gasteiger partial charge in [-0.15, -0.1) is 0 Å². The van der Waals surface area contributed by atoms with Gasteiger partial charge in [-0.25, -0.2) is 4.79 Å². The van der Waals surface area contributed by atoms with Crippen molar-refractivity contribution in [1.29, 1.82) is 0 Å². The average Bonchev–Trinajstić information content (AvgIpc) is 2.50. The van der Waals surface area contributed by atoms with E-state index in [2.05, 4.69) is 0 Å². The van der Waals surface area contributed by atoms with Gasteiger partial charge in [0.1, 0.15) is 35.3 Å². The van der Waals surface area contributed by atoms with Gasteiger partial charge in [0, 0.05) is 6.07 Å². The van der Waals surface area contributed by atoms with Gasteiger partial charge in [-0.3, -0.25) is 4.79 Å². The summed E-state index contributed by atoms with van der Waals surface area (Å²) in [6.45, 7) is 3.39. The number of methoxy groups -OCH3 is 1. The maximum atomic E-state index is 12.0. The molecule has 0 radical (unpaired) electrons. The quantitative estimate of drug-likeness (QED) is 0.803. The number of esters is 1. The molecule has 1 atom stereocenters. The Morgan fingerprint density at radius 1 is 1.35 bits per heavy atom. The van der Waals surface area contributed by atoms with Gasteiger partial charge in [0.05, 0.1) is 7.11 Å². The highest BCUT2D eigenvalue weighted by Gasteiger charge is 2.19. The second-order valence-corrected chi connectivity index (χ2v) is 5.49. The number of fused-ring (bicyclic) bond motifs is 1. The van der Waals surface area contributed by atoms with Crippen molar-refractivity contribution in [2.45, 2.75) is 26.5 Å². The summed E-state index contributed by atoms with van der Waals surface area (Å²) in [5.74, 6) is -0.327. The molecule has 1 aromatic heterocycles. The van der Waals surface area contributed by atoms with E-state index < -0.39 is 17.6 Å². The molecule has 1 aromatic carbocycles. The number of nitrogens with two attached hydrogens (primary N) is 1. The Morgan fingerprint density at radius 3 is 2.65 bits per heavy atom. The molecule has 0 fully saturated rings. The minimum absolute atomic E-state index is 0.0414. The van der Waals surface area contributed by atoms with Crippen LogP contribution in [0.25, 0.3) is 10.8 Å². The number of phenols is 1. The maximum Gasteiger partial charge on any atom is 0.347 e. The molecule has 7 nitrogen and oxygen atoms in total. The van der Waals surface area contributed by atoms with Crippen LogP contribution in [0, 0.1) is 5.92 Å². The molecule has 0 amide bonds. The summed E-state index contributed by atoms with van der Waals surface area (Å²) in [6, 6.07) is 3.66. The van der Waals surface area contributed by atoms with Gasteiger partial charge >= 0.3 is 11.6 Å². The van der Waals surface area contributed by atoms with Crippen LogP contribution >= 0.6 is 0 Å². The topological polar surface area (TPSA) is 112 Å². The van der Waals surface area contributed by atoms with Crippen molar-refractivity contribution in [2.75, 3.05) is 7.11 Å². The first-order valence-electron chi connectivity index (χ1n) is 7.09. The molecule has 1 unspecified atom stereocenters. The number of rotatable bonds is 5.